The molecule has 0 amide bonds. The van der Waals surface area contributed by atoms with Crippen molar-refractivity contribution in [3.8, 4) is 12.3 Å². The van der Waals surface area contributed by atoms with Crippen LogP contribution >= 0.6 is 0 Å². The van der Waals surface area contributed by atoms with Crippen LogP contribution in [0.25, 0.3) is 0 Å². The first kappa shape index (κ1) is 10.3. The minimum absolute atomic E-state index is 0.250. The number of terminal acetylenes is 1. The lowest BCUT2D eigenvalue weighted by Crippen LogP contribution is -2.27. The maximum absolute atomic E-state index is 5.30. The third-order valence-corrected chi connectivity index (χ3v) is 1.52. The van der Waals surface area contributed by atoms with Crippen LogP contribution in [0.15, 0.2) is 12.7 Å². The van der Waals surface area contributed by atoms with Crippen LogP contribution in [0, 0.1) is 12.3 Å². The Morgan fingerprint density at radius 3 is 2.91 bits per heavy atom. The molecule has 1 heteroatoms. The molecular weight excluding hydrogens is 134 g/mol. The van der Waals surface area contributed by atoms with Gasteiger partial charge in [0.1, 0.15) is 0 Å². The summed E-state index contributed by atoms with van der Waals surface area (Å²) in [5.74, 6) is 2.72. The van der Waals surface area contributed by atoms with Gasteiger partial charge in [-0.3, -0.25) is 0 Å². The van der Waals surface area contributed by atoms with Gasteiger partial charge in [-0.25, -0.2) is 0 Å². The Balaban J connectivity index is 3.37. The maximum Gasteiger partial charge on any atom is 0.0686 e. The predicted octanol–water partition coefficient (Wildman–Crippen LogP) is 1.95. The molecule has 1 unspecified atom stereocenters. The van der Waals surface area contributed by atoms with E-state index >= 15 is 0 Å². The Labute approximate surface area is 69.9 Å². The molecule has 0 radical (unpaired) electrons. The highest BCUT2D eigenvalue weighted by molar-refractivity contribution is 4.98. The van der Waals surface area contributed by atoms with E-state index < -0.39 is 0 Å². The SMILES string of the molecule is C#CC(CCC)NCCC=C. The van der Waals surface area contributed by atoms with Crippen LogP contribution < -0.4 is 5.32 Å². The lowest BCUT2D eigenvalue weighted by molar-refractivity contribution is 0.568. The zero-order chi connectivity index (χ0) is 8.53. The van der Waals surface area contributed by atoms with Gasteiger partial charge < -0.3 is 5.32 Å². The second-order valence-corrected chi connectivity index (χ2v) is 2.54. The number of rotatable bonds is 6. The molecule has 1 N–H and O–H groups in total. The van der Waals surface area contributed by atoms with Gasteiger partial charge in [0.15, 0.2) is 0 Å². The summed E-state index contributed by atoms with van der Waals surface area (Å²) in [6.45, 7) is 6.72. The number of nitrogens with one attached hydrogen (secondary N) is 1. The van der Waals surface area contributed by atoms with E-state index in [1.165, 1.54) is 0 Å². The summed E-state index contributed by atoms with van der Waals surface area (Å²) in [5, 5.41) is 3.26. The fourth-order valence-corrected chi connectivity index (χ4v) is 0.893. The van der Waals surface area contributed by atoms with Crippen LogP contribution in [0.5, 0.6) is 0 Å². The van der Waals surface area contributed by atoms with E-state index in [0.717, 1.165) is 25.8 Å². The molecule has 0 rings (SSSR count). The smallest absolute Gasteiger partial charge is 0.0686 e. The van der Waals surface area contributed by atoms with Gasteiger partial charge in [0.2, 0.25) is 0 Å². The average Bonchev–Trinajstić information content (AvgIpc) is 2.03. The lowest BCUT2D eigenvalue weighted by Gasteiger charge is -2.09. The number of hydrogen-bond acceptors (Lipinski definition) is 1. The van der Waals surface area contributed by atoms with Crippen LogP contribution in [-0.2, 0) is 0 Å². The van der Waals surface area contributed by atoms with Gasteiger partial charge in [0.25, 0.3) is 0 Å². The van der Waals surface area contributed by atoms with Gasteiger partial charge in [-0.1, -0.05) is 25.3 Å². The zero-order valence-electron chi connectivity index (χ0n) is 7.27. The van der Waals surface area contributed by atoms with Crippen molar-refractivity contribution in [2.45, 2.75) is 32.2 Å². The zero-order valence-corrected chi connectivity index (χ0v) is 7.27. The molecule has 0 aliphatic rings. The summed E-state index contributed by atoms with van der Waals surface area (Å²) in [4.78, 5) is 0. The molecule has 11 heavy (non-hydrogen) atoms. The molecule has 0 aliphatic heterocycles. The van der Waals surface area contributed by atoms with E-state index in [-0.39, 0.29) is 6.04 Å². The molecule has 0 heterocycles. The quantitative estimate of drug-likeness (QED) is 0.347. The first-order chi connectivity index (χ1) is 5.35. The molecular formula is C10H17N. The summed E-state index contributed by atoms with van der Waals surface area (Å²) >= 11 is 0. The molecule has 0 spiro atoms. The molecule has 0 saturated carbocycles. The molecule has 0 fully saturated rings. The van der Waals surface area contributed by atoms with E-state index in [0.29, 0.717) is 0 Å². The predicted molar refractivity (Wildman–Crippen MR) is 50.3 cm³/mol. The molecule has 0 saturated heterocycles. The van der Waals surface area contributed by atoms with E-state index in [1.807, 2.05) is 6.08 Å². The van der Waals surface area contributed by atoms with Gasteiger partial charge in [0, 0.05) is 0 Å². The highest BCUT2D eigenvalue weighted by Crippen LogP contribution is 1.94. The third-order valence-electron chi connectivity index (χ3n) is 1.52. The van der Waals surface area contributed by atoms with Gasteiger partial charge in [-0.2, -0.15) is 0 Å². The van der Waals surface area contributed by atoms with Crippen molar-refractivity contribution in [3.05, 3.63) is 12.7 Å². The standard InChI is InChI=1S/C10H17N/c1-4-7-9-11-10(6-3)8-5-2/h3-4,10-11H,1,5,7-9H2,2H3. The van der Waals surface area contributed by atoms with Crippen molar-refractivity contribution in [2.24, 2.45) is 0 Å². The normalized spacial score (nSPS) is 12.0. The van der Waals surface area contributed by atoms with Crippen molar-refractivity contribution < 1.29 is 0 Å². The summed E-state index contributed by atoms with van der Waals surface area (Å²) in [7, 11) is 0. The van der Waals surface area contributed by atoms with Crippen LogP contribution in [0.4, 0.5) is 0 Å². The van der Waals surface area contributed by atoms with Crippen LogP contribution in [0.1, 0.15) is 26.2 Å². The molecule has 0 aromatic heterocycles. The molecule has 0 aromatic carbocycles. The molecule has 1 atom stereocenters. The minimum atomic E-state index is 0.250. The van der Waals surface area contributed by atoms with E-state index in [2.05, 4.69) is 24.7 Å². The van der Waals surface area contributed by atoms with E-state index in [9.17, 15) is 0 Å². The fraction of sp³-hybridized carbons (Fsp3) is 0.600. The van der Waals surface area contributed by atoms with Gasteiger partial charge in [-0.05, 0) is 19.4 Å². The van der Waals surface area contributed by atoms with Crippen molar-refractivity contribution in [1.29, 1.82) is 0 Å². The van der Waals surface area contributed by atoms with Gasteiger partial charge >= 0.3 is 0 Å². The Morgan fingerprint density at radius 2 is 2.45 bits per heavy atom. The van der Waals surface area contributed by atoms with E-state index in [4.69, 9.17) is 6.42 Å². The maximum atomic E-state index is 5.30. The second-order valence-electron chi connectivity index (χ2n) is 2.54. The van der Waals surface area contributed by atoms with Gasteiger partial charge in [0.05, 0.1) is 6.04 Å². The molecule has 0 aromatic rings. The third kappa shape index (κ3) is 5.69. The topological polar surface area (TPSA) is 12.0 Å². The highest BCUT2D eigenvalue weighted by atomic mass is 14.9. The molecule has 62 valence electrons. The summed E-state index contributed by atoms with van der Waals surface area (Å²) in [6.07, 6.45) is 10.4. The van der Waals surface area contributed by atoms with E-state index in [1.54, 1.807) is 0 Å². The monoisotopic (exact) mass is 151 g/mol. The Kier molecular flexibility index (Phi) is 6.87. The first-order valence-corrected chi connectivity index (χ1v) is 4.15. The fourth-order valence-electron chi connectivity index (χ4n) is 0.893. The largest absolute Gasteiger partial charge is 0.303 e. The highest BCUT2D eigenvalue weighted by Gasteiger charge is 1.99. The van der Waals surface area contributed by atoms with Crippen LogP contribution in [0.2, 0.25) is 0 Å². The Bertz CT molecular complexity index is 132. The van der Waals surface area contributed by atoms with Crippen molar-refractivity contribution in [3.63, 3.8) is 0 Å². The number of hydrogen-bond donors (Lipinski definition) is 1. The van der Waals surface area contributed by atoms with Crippen molar-refractivity contribution in [1.82, 2.24) is 5.32 Å². The minimum Gasteiger partial charge on any atom is -0.303 e. The second kappa shape index (κ2) is 7.37. The summed E-state index contributed by atoms with van der Waals surface area (Å²) < 4.78 is 0. The van der Waals surface area contributed by atoms with Crippen molar-refractivity contribution in [2.75, 3.05) is 6.54 Å². The summed E-state index contributed by atoms with van der Waals surface area (Å²) in [6, 6.07) is 0.250. The van der Waals surface area contributed by atoms with Gasteiger partial charge in [-0.15, -0.1) is 13.0 Å². The molecule has 0 bridgehead atoms. The van der Waals surface area contributed by atoms with Crippen LogP contribution in [-0.4, -0.2) is 12.6 Å². The average molecular weight is 151 g/mol. The lowest BCUT2D eigenvalue weighted by atomic mass is 10.2. The Hall–Kier alpha value is -0.740. The van der Waals surface area contributed by atoms with Crippen molar-refractivity contribution >= 4 is 0 Å². The summed E-state index contributed by atoms with van der Waals surface area (Å²) in [5.41, 5.74) is 0. The first-order valence-electron chi connectivity index (χ1n) is 4.15. The van der Waals surface area contributed by atoms with Crippen LogP contribution in [0.3, 0.4) is 0 Å². The molecule has 1 nitrogen and oxygen atoms in total. The Morgan fingerprint density at radius 1 is 1.73 bits per heavy atom. The molecule has 0 aliphatic carbocycles.